The molecule has 5 nitrogen and oxygen atoms in total. The molecule has 0 amide bonds. The molecule has 20 heavy (non-hydrogen) atoms. The van der Waals surface area contributed by atoms with Gasteiger partial charge in [0, 0.05) is 31.6 Å². The van der Waals surface area contributed by atoms with E-state index in [4.69, 9.17) is 4.74 Å². The van der Waals surface area contributed by atoms with Gasteiger partial charge in [-0.3, -0.25) is 0 Å². The van der Waals surface area contributed by atoms with Crippen LogP contribution in [0, 0.1) is 0 Å². The van der Waals surface area contributed by atoms with Crippen LogP contribution in [-0.4, -0.2) is 45.6 Å². The van der Waals surface area contributed by atoms with Gasteiger partial charge < -0.3 is 10.1 Å². The Labute approximate surface area is 125 Å². The molecule has 0 aromatic carbocycles. The minimum atomic E-state index is -3.35. The van der Waals surface area contributed by atoms with E-state index in [-0.39, 0.29) is 6.10 Å². The molecule has 1 aromatic rings. The number of nitrogens with zero attached hydrogens (tertiary/aromatic N) is 1. The molecule has 114 valence electrons. The van der Waals surface area contributed by atoms with Crippen LogP contribution in [0.1, 0.15) is 24.6 Å². The van der Waals surface area contributed by atoms with Crippen LogP contribution in [0.3, 0.4) is 0 Å². The molecular weight excluding hydrogens is 296 g/mol. The Bertz CT molecular complexity index is 527. The fourth-order valence-corrected chi connectivity index (χ4v) is 5.18. The van der Waals surface area contributed by atoms with Gasteiger partial charge in [-0.05, 0) is 31.5 Å². The van der Waals surface area contributed by atoms with E-state index >= 15 is 0 Å². The number of thiophene rings is 1. The van der Waals surface area contributed by atoms with Crippen molar-refractivity contribution in [3.63, 3.8) is 0 Å². The Hall–Kier alpha value is -0.470. The number of sulfonamides is 1. The van der Waals surface area contributed by atoms with E-state index in [1.807, 2.05) is 6.07 Å². The third-order valence-corrected chi connectivity index (χ3v) is 6.82. The maximum Gasteiger partial charge on any atom is 0.252 e. The molecule has 0 bridgehead atoms. The summed E-state index contributed by atoms with van der Waals surface area (Å²) in [6, 6.07) is 3.60. The van der Waals surface area contributed by atoms with Crippen LogP contribution in [0.15, 0.2) is 16.3 Å². The Morgan fingerprint density at radius 2 is 2.30 bits per heavy atom. The lowest BCUT2D eigenvalue weighted by Gasteiger charge is -2.14. The average Bonchev–Trinajstić information content (AvgIpc) is 3.08. The second-order valence-corrected chi connectivity index (χ2v) is 8.24. The summed E-state index contributed by atoms with van der Waals surface area (Å²) in [5, 5.41) is 3.28. The van der Waals surface area contributed by atoms with Gasteiger partial charge in [0.1, 0.15) is 4.21 Å². The average molecular weight is 318 g/mol. The highest BCUT2D eigenvalue weighted by Crippen LogP contribution is 2.27. The number of nitrogens with one attached hydrogen (secondary N) is 1. The van der Waals surface area contributed by atoms with Crippen molar-refractivity contribution in [3.05, 3.63) is 17.0 Å². The monoisotopic (exact) mass is 318 g/mol. The first kappa shape index (κ1) is 15.9. The quantitative estimate of drug-likeness (QED) is 0.777. The van der Waals surface area contributed by atoms with Crippen LogP contribution in [0.4, 0.5) is 0 Å². The SMILES string of the molecule is CCCNCc1ccc(S(=O)(=O)N2CCC(OC)C2)s1. The fourth-order valence-electron chi connectivity index (χ4n) is 2.22. The minimum Gasteiger partial charge on any atom is -0.380 e. The molecular formula is C13H22N2O3S2. The molecule has 1 unspecified atom stereocenters. The van der Waals surface area contributed by atoms with E-state index in [0.717, 1.165) is 30.8 Å². The first-order chi connectivity index (χ1) is 9.57. The molecule has 1 saturated heterocycles. The zero-order valence-corrected chi connectivity index (χ0v) is 13.6. The van der Waals surface area contributed by atoms with Crippen LogP contribution in [0.25, 0.3) is 0 Å². The first-order valence-electron chi connectivity index (χ1n) is 6.90. The number of ether oxygens (including phenoxy) is 1. The zero-order valence-electron chi connectivity index (χ0n) is 12.0. The van der Waals surface area contributed by atoms with Crippen molar-refractivity contribution < 1.29 is 13.2 Å². The maximum absolute atomic E-state index is 12.5. The molecule has 1 fully saturated rings. The highest BCUT2D eigenvalue weighted by atomic mass is 32.2. The van der Waals surface area contributed by atoms with Crippen molar-refractivity contribution in [2.24, 2.45) is 0 Å². The van der Waals surface area contributed by atoms with Crippen molar-refractivity contribution in [1.82, 2.24) is 9.62 Å². The molecule has 0 aliphatic carbocycles. The van der Waals surface area contributed by atoms with Crippen molar-refractivity contribution >= 4 is 21.4 Å². The van der Waals surface area contributed by atoms with E-state index < -0.39 is 10.0 Å². The third-order valence-electron chi connectivity index (χ3n) is 3.40. The van der Waals surface area contributed by atoms with Gasteiger partial charge in [-0.2, -0.15) is 4.31 Å². The van der Waals surface area contributed by atoms with Crippen LogP contribution >= 0.6 is 11.3 Å². The molecule has 1 aliphatic rings. The molecule has 1 N–H and O–H groups in total. The summed E-state index contributed by atoms with van der Waals surface area (Å²) in [5.74, 6) is 0. The summed E-state index contributed by atoms with van der Waals surface area (Å²) in [5.41, 5.74) is 0. The third kappa shape index (κ3) is 3.59. The zero-order chi connectivity index (χ0) is 14.6. The van der Waals surface area contributed by atoms with Gasteiger partial charge in [0.05, 0.1) is 6.10 Å². The molecule has 0 radical (unpaired) electrons. The van der Waals surface area contributed by atoms with Crippen molar-refractivity contribution in [2.45, 2.75) is 36.6 Å². The van der Waals surface area contributed by atoms with Gasteiger partial charge in [0.25, 0.3) is 10.0 Å². The summed E-state index contributed by atoms with van der Waals surface area (Å²) in [6.45, 7) is 4.79. The molecule has 1 aliphatic heterocycles. The number of methoxy groups -OCH3 is 1. The minimum absolute atomic E-state index is 0.0235. The van der Waals surface area contributed by atoms with E-state index in [2.05, 4.69) is 12.2 Å². The van der Waals surface area contributed by atoms with Crippen LogP contribution in [0.5, 0.6) is 0 Å². The van der Waals surface area contributed by atoms with Crippen LogP contribution in [0.2, 0.25) is 0 Å². The van der Waals surface area contributed by atoms with Crippen LogP contribution in [-0.2, 0) is 21.3 Å². The van der Waals surface area contributed by atoms with Gasteiger partial charge in [-0.1, -0.05) is 6.92 Å². The molecule has 2 rings (SSSR count). The summed E-state index contributed by atoms with van der Waals surface area (Å²) in [4.78, 5) is 1.06. The normalized spacial score (nSPS) is 20.6. The van der Waals surface area contributed by atoms with Gasteiger partial charge in [0.2, 0.25) is 0 Å². The fraction of sp³-hybridized carbons (Fsp3) is 0.692. The predicted octanol–water partition coefficient (Wildman–Crippen LogP) is 1.66. The second-order valence-electron chi connectivity index (χ2n) is 4.91. The van der Waals surface area contributed by atoms with Crippen molar-refractivity contribution in [2.75, 3.05) is 26.7 Å². The molecule has 1 aromatic heterocycles. The van der Waals surface area contributed by atoms with Crippen molar-refractivity contribution in [3.8, 4) is 0 Å². The molecule has 0 spiro atoms. The van der Waals surface area contributed by atoms with E-state index in [1.54, 1.807) is 13.2 Å². The lowest BCUT2D eigenvalue weighted by Crippen LogP contribution is -2.29. The first-order valence-corrected chi connectivity index (χ1v) is 9.16. The Morgan fingerprint density at radius 1 is 1.50 bits per heavy atom. The highest BCUT2D eigenvalue weighted by Gasteiger charge is 2.33. The maximum atomic E-state index is 12.5. The number of hydrogen-bond acceptors (Lipinski definition) is 5. The largest absolute Gasteiger partial charge is 0.380 e. The number of rotatable bonds is 7. The molecule has 1 atom stereocenters. The Kier molecular flexibility index (Phi) is 5.57. The lowest BCUT2D eigenvalue weighted by molar-refractivity contribution is 0.115. The highest BCUT2D eigenvalue weighted by molar-refractivity contribution is 7.91. The van der Waals surface area contributed by atoms with E-state index in [9.17, 15) is 8.42 Å². The van der Waals surface area contributed by atoms with E-state index in [1.165, 1.54) is 15.6 Å². The molecule has 0 saturated carbocycles. The van der Waals surface area contributed by atoms with Gasteiger partial charge in [0.15, 0.2) is 0 Å². The standard InChI is InChI=1S/C13H22N2O3S2/c1-3-7-14-9-12-4-5-13(19-12)20(16,17)15-8-6-11(10-15)18-2/h4-5,11,14H,3,6-10H2,1-2H3. The summed E-state index contributed by atoms with van der Waals surface area (Å²) >= 11 is 1.35. The second kappa shape index (κ2) is 7.00. The predicted molar refractivity (Wildman–Crippen MR) is 80.5 cm³/mol. The Morgan fingerprint density at radius 3 is 2.95 bits per heavy atom. The van der Waals surface area contributed by atoms with E-state index in [0.29, 0.717) is 17.3 Å². The van der Waals surface area contributed by atoms with Gasteiger partial charge in [-0.15, -0.1) is 11.3 Å². The van der Waals surface area contributed by atoms with Crippen molar-refractivity contribution in [1.29, 1.82) is 0 Å². The summed E-state index contributed by atoms with van der Waals surface area (Å²) in [6.07, 6.45) is 1.87. The molecule has 7 heteroatoms. The molecule has 2 heterocycles. The topological polar surface area (TPSA) is 58.6 Å². The van der Waals surface area contributed by atoms with Crippen LogP contribution < -0.4 is 5.32 Å². The summed E-state index contributed by atoms with van der Waals surface area (Å²) < 4.78 is 32.2. The van der Waals surface area contributed by atoms with Gasteiger partial charge in [-0.25, -0.2) is 8.42 Å². The van der Waals surface area contributed by atoms with Gasteiger partial charge >= 0.3 is 0 Å². The summed E-state index contributed by atoms with van der Waals surface area (Å²) in [7, 11) is -1.72. The Balaban J connectivity index is 2.03. The number of hydrogen-bond donors (Lipinski definition) is 1. The lowest BCUT2D eigenvalue weighted by atomic mass is 10.3. The smallest absolute Gasteiger partial charge is 0.252 e.